The van der Waals surface area contributed by atoms with Gasteiger partial charge in [-0.05, 0) is 24.1 Å². The van der Waals surface area contributed by atoms with Crippen molar-refractivity contribution in [2.45, 2.75) is 18.9 Å². The fraction of sp³-hybridized carbons (Fsp3) is 0.286. The van der Waals surface area contributed by atoms with Crippen LogP contribution in [-0.2, 0) is 20.8 Å². The number of rotatable bonds is 8. The van der Waals surface area contributed by atoms with Crippen molar-refractivity contribution < 1.29 is 24.3 Å². The van der Waals surface area contributed by atoms with Gasteiger partial charge < -0.3 is 27.2 Å². The van der Waals surface area contributed by atoms with Gasteiger partial charge >= 0.3 is 12.0 Å². The van der Waals surface area contributed by atoms with Crippen LogP contribution in [0.1, 0.15) is 12.0 Å². The Kier molecular flexibility index (Phi) is 6.68. The first kappa shape index (κ1) is 18.1. The van der Waals surface area contributed by atoms with Crippen molar-refractivity contribution in [3.05, 3.63) is 29.8 Å². The molecule has 1 unspecified atom stereocenters. The summed E-state index contributed by atoms with van der Waals surface area (Å²) in [5.41, 5.74) is 11.4. The van der Waals surface area contributed by atoms with E-state index in [-0.39, 0.29) is 13.0 Å². The molecule has 23 heavy (non-hydrogen) atoms. The van der Waals surface area contributed by atoms with Crippen LogP contribution in [0.5, 0.6) is 0 Å². The predicted molar refractivity (Wildman–Crippen MR) is 81.6 cm³/mol. The Labute approximate surface area is 132 Å². The fourth-order valence-electron chi connectivity index (χ4n) is 1.70. The molecule has 1 atom stereocenters. The Morgan fingerprint density at radius 1 is 1.13 bits per heavy atom. The van der Waals surface area contributed by atoms with Crippen molar-refractivity contribution in [2.75, 3.05) is 11.9 Å². The molecule has 1 aromatic carbocycles. The number of benzene rings is 1. The molecular formula is C14H18N4O5. The molecule has 1 rings (SSSR count). The second-order valence-corrected chi connectivity index (χ2v) is 4.83. The maximum atomic E-state index is 11.6. The van der Waals surface area contributed by atoms with Crippen molar-refractivity contribution in [1.29, 1.82) is 0 Å². The number of carbonyl (C=O) groups excluding carboxylic acids is 3. The van der Waals surface area contributed by atoms with Gasteiger partial charge in [0.25, 0.3) is 0 Å². The van der Waals surface area contributed by atoms with Crippen LogP contribution in [0.4, 0.5) is 10.5 Å². The highest BCUT2D eigenvalue weighted by molar-refractivity contribution is 6.05. The number of anilines is 1. The molecular weight excluding hydrogens is 304 g/mol. The second kappa shape index (κ2) is 8.49. The van der Waals surface area contributed by atoms with Crippen LogP contribution in [0, 0.1) is 0 Å². The van der Waals surface area contributed by atoms with Crippen molar-refractivity contribution in [1.82, 2.24) is 5.32 Å². The van der Waals surface area contributed by atoms with Crippen molar-refractivity contribution in [3.63, 3.8) is 0 Å². The van der Waals surface area contributed by atoms with Gasteiger partial charge in [-0.3, -0.25) is 14.4 Å². The summed E-state index contributed by atoms with van der Waals surface area (Å²) in [4.78, 5) is 44.1. The molecule has 0 spiro atoms. The summed E-state index contributed by atoms with van der Waals surface area (Å²) in [7, 11) is 0. The largest absolute Gasteiger partial charge is 0.480 e. The number of hydrogen-bond donors (Lipinski definition) is 5. The lowest BCUT2D eigenvalue weighted by atomic mass is 10.1. The minimum absolute atomic E-state index is 0.167. The molecule has 124 valence electrons. The third kappa shape index (κ3) is 7.05. The third-order valence-corrected chi connectivity index (χ3v) is 2.83. The lowest BCUT2D eigenvalue weighted by molar-refractivity contribution is -0.138. The maximum Gasteiger partial charge on any atom is 0.320 e. The Morgan fingerprint density at radius 2 is 1.74 bits per heavy atom. The minimum Gasteiger partial charge on any atom is -0.480 e. The van der Waals surface area contributed by atoms with Crippen LogP contribution in [0.3, 0.4) is 0 Å². The maximum absolute atomic E-state index is 11.6. The molecule has 7 N–H and O–H groups in total. The number of carbonyl (C=O) groups is 4. The van der Waals surface area contributed by atoms with Crippen LogP contribution in [-0.4, -0.2) is 41.4 Å². The molecule has 0 saturated carbocycles. The van der Waals surface area contributed by atoms with Gasteiger partial charge in [0.05, 0.1) is 13.0 Å². The number of nitrogens with two attached hydrogens (primary N) is 2. The molecule has 0 fully saturated rings. The van der Waals surface area contributed by atoms with Crippen LogP contribution >= 0.6 is 0 Å². The number of ketones is 1. The Hall–Kier alpha value is -2.94. The molecule has 1 aromatic rings. The molecule has 0 radical (unpaired) electrons. The predicted octanol–water partition coefficient (Wildman–Crippen LogP) is -0.793. The first-order valence-electron chi connectivity index (χ1n) is 6.70. The fourth-order valence-corrected chi connectivity index (χ4v) is 1.70. The monoisotopic (exact) mass is 322 g/mol. The molecule has 0 aliphatic rings. The van der Waals surface area contributed by atoms with Crippen LogP contribution in [0.25, 0.3) is 0 Å². The number of hydrogen-bond acceptors (Lipinski definition) is 5. The van der Waals surface area contributed by atoms with Gasteiger partial charge in [0, 0.05) is 5.69 Å². The first-order valence-corrected chi connectivity index (χ1v) is 6.70. The Balaban J connectivity index is 2.48. The molecule has 0 bridgehead atoms. The van der Waals surface area contributed by atoms with Crippen LogP contribution in [0.15, 0.2) is 24.3 Å². The smallest absolute Gasteiger partial charge is 0.320 e. The Bertz CT molecular complexity index is 600. The first-order chi connectivity index (χ1) is 10.8. The third-order valence-electron chi connectivity index (χ3n) is 2.83. The summed E-state index contributed by atoms with van der Waals surface area (Å²) in [6, 6.07) is 4.59. The van der Waals surface area contributed by atoms with Gasteiger partial charge in [-0.25, -0.2) is 4.79 Å². The number of carboxylic acids is 1. The summed E-state index contributed by atoms with van der Waals surface area (Å²) >= 11 is 0. The van der Waals surface area contributed by atoms with E-state index in [1.165, 1.54) is 0 Å². The van der Waals surface area contributed by atoms with Crippen LogP contribution in [0.2, 0.25) is 0 Å². The summed E-state index contributed by atoms with van der Waals surface area (Å²) in [6.07, 6.45) is -0.229. The molecule has 3 amide bonds. The Morgan fingerprint density at radius 3 is 2.26 bits per heavy atom. The zero-order valence-electron chi connectivity index (χ0n) is 12.2. The quantitative estimate of drug-likeness (QED) is 0.393. The highest BCUT2D eigenvalue weighted by Crippen LogP contribution is 2.11. The summed E-state index contributed by atoms with van der Waals surface area (Å²) in [5, 5.41) is 13.3. The van der Waals surface area contributed by atoms with E-state index >= 15 is 0 Å². The number of amides is 3. The topological polar surface area (TPSA) is 165 Å². The summed E-state index contributed by atoms with van der Waals surface area (Å²) < 4.78 is 0. The standard InChI is InChI=1S/C14H18N4O5/c15-11(13(21)22)5-8-1-3-9(4-2-8)18-12(20)6-10(19)7-17-14(16)23/h1-4,11H,5-7,15H2,(H,18,20)(H,21,22)(H3,16,17,23). The number of nitrogens with one attached hydrogen (secondary N) is 2. The van der Waals surface area contributed by atoms with E-state index in [4.69, 9.17) is 16.6 Å². The van der Waals surface area contributed by atoms with Gasteiger partial charge in [-0.1, -0.05) is 12.1 Å². The van der Waals surface area contributed by atoms with E-state index in [1.807, 2.05) is 0 Å². The average molecular weight is 322 g/mol. The normalized spacial score (nSPS) is 11.3. The van der Waals surface area contributed by atoms with E-state index in [2.05, 4.69) is 10.6 Å². The van der Waals surface area contributed by atoms with E-state index in [0.29, 0.717) is 11.3 Å². The highest BCUT2D eigenvalue weighted by atomic mass is 16.4. The lowest BCUT2D eigenvalue weighted by Gasteiger charge is -2.08. The molecule has 0 aliphatic heterocycles. The van der Waals surface area contributed by atoms with Crippen molar-refractivity contribution in [3.8, 4) is 0 Å². The number of Topliss-reactive ketones (excluding diaryl/α,β-unsaturated/α-hetero) is 1. The molecule has 9 heteroatoms. The molecule has 9 nitrogen and oxygen atoms in total. The molecule has 0 saturated heterocycles. The van der Waals surface area contributed by atoms with E-state index in [1.54, 1.807) is 24.3 Å². The van der Waals surface area contributed by atoms with Crippen LogP contribution < -0.4 is 22.1 Å². The number of carboxylic acid groups (broad SMARTS) is 1. The summed E-state index contributed by atoms with van der Waals surface area (Å²) in [6.45, 7) is -0.311. The second-order valence-electron chi connectivity index (χ2n) is 4.83. The number of aliphatic carboxylic acids is 1. The molecule has 0 aliphatic carbocycles. The number of primary amides is 1. The lowest BCUT2D eigenvalue weighted by Crippen LogP contribution is -2.35. The molecule has 0 aromatic heterocycles. The van der Waals surface area contributed by atoms with Gasteiger partial charge in [-0.2, -0.15) is 0 Å². The van der Waals surface area contributed by atoms with Gasteiger partial charge in [-0.15, -0.1) is 0 Å². The van der Waals surface area contributed by atoms with E-state index < -0.39 is 36.2 Å². The zero-order chi connectivity index (χ0) is 17.4. The van der Waals surface area contributed by atoms with Gasteiger partial charge in [0.2, 0.25) is 5.91 Å². The van der Waals surface area contributed by atoms with Crippen molar-refractivity contribution in [2.24, 2.45) is 11.5 Å². The average Bonchev–Trinajstić information content (AvgIpc) is 2.47. The summed E-state index contributed by atoms with van der Waals surface area (Å²) in [5.74, 6) is -2.10. The zero-order valence-corrected chi connectivity index (χ0v) is 12.2. The van der Waals surface area contributed by atoms with E-state index in [0.717, 1.165) is 0 Å². The van der Waals surface area contributed by atoms with Crippen molar-refractivity contribution >= 4 is 29.4 Å². The van der Waals surface area contributed by atoms with Gasteiger partial charge in [0.15, 0.2) is 5.78 Å². The highest BCUT2D eigenvalue weighted by Gasteiger charge is 2.13. The SMILES string of the molecule is NC(=O)NCC(=O)CC(=O)Nc1ccc(CC(N)C(=O)O)cc1. The number of urea groups is 1. The minimum atomic E-state index is -1.09. The molecule has 0 heterocycles. The van der Waals surface area contributed by atoms with Gasteiger partial charge in [0.1, 0.15) is 6.04 Å². The van der Waals surface area contributed by atoms with E-state index in [9.17, 15) is 19.2 Å².